The van der Waals surface area contributed by atoms with Gasteiger partial charge >= 0.3 is 0 Å². The summed E-state index contributed by atoms with van der Waals surface area (Å²) in [5.74, 6) is 1.58. The second kappa shape index (κ2) is 11.2. The highest BCUT2D eigenvalue weighted by molar-refractivity contribution is 5.83. The molecule has 1 unspecified atom stereocenters. The van der Waals surface area contributed by atoms with Gasteiger partial charge in [-0.05, 0) is 42.5 Å². The molecular formula is C24H31N5O2. The fourth-order valence-electron chi connectivity index (χ4n) is 3.50. The average molecular weight is 422 g/mol. The monoisotopic (exact) mass is 421 g/mol. The molecule has 0 aliphatic heterocycles. The van der Waals surface area contributed by atoms with Gasteiger partial charge in [0.2, 0.25) is 5.91 Å². The van der Waals surface area contributed by atoms with E-state index in [-0.39, 0.29) is 17.9 Å². The van der Waals surface area contributed by atoms with E-state index in [2.05, 4.69) is 39.8 Å². The van der Waals surface area contributed by atoms with Crippen molar-refractivity contribution in [2.75, 3.05) is 6.61 Å². The SMILES string of the molecule is CCCC(C)COc1ccc([C@H](Cc2nn[nH]n2)NC(=O)[C@@H](C)c2ccccc2)cc1. The molecule has 0 radical (unpaired) electrons. The van der Waals surface area contributed by atoms with Gasteiger partial charge in [0.25, 0.3) is 0 Å². The maximum Gasteiger partial charge on any atom is 0.227 e. The first kappa shape index (κ1) is 22.5. The normalized spacial score (nSPS) is 13.9. The first-order valence-electron chi connectivity index (χ1n) is 10.9. The molecule has 1 aromatic heterocycles. The van der Waals surface area contributed by atoms with Gasteiger partial charge < -0.3 is 10.1 Å². The summed E-state index contributed by atoms with van der Waals surface area (Å²) in [7, 11) is 0. The van der Waals surface area contributed by atoms with E-state index in [9.17, 15) is 4.79 Å². The van der Waals surface area contributed by atoms with E-state index in [0.29, 0.717) is 24.8 Å². The van der Waals surface area contributed by atoms with Crippen LogP contribution in [-0.4, -0.2) is 33.1 Å². The zero-order valence-corrected chi connectivity index (χ0v) is 18.4. The lowest BCUT2D eigenvalue weighted by molar-refractivity contribution is -0.123. The molecule has 164 valence electrons. The summed E-state index contributed by atoms with van der Waals surface area (Å²) >= 11 is 0. The third kappa shape index (κ3) is 6.64. The van der Waals surface area contributed by atoms with E-state index >= 15 is 0 Å². The first-order chi connectivity index (χ1) is 15.1. The van der Waals surface area contributed by atoms with Crippen molar-refractivity contribution >= 4 is 5.91 Å². The quantitative estimate of drug-likeness (QED) is 0.484. The summed E-state index contributed by atoms with van der Waals surface area (Å²) < 4.78 is 5.91. The van der Waals surface area contributed by atoms with E-state index < -0.39 is 0 Å². The number of amides is 1. The Labute approximate surface area is 183 Å². The van der Waals surface area contributed by atoms with Gasteiger partial charge in [0.05, 0.1) is 18.6 Å². The maximum absolute atomic E-state index is 13.0. The Morgan fingerprint density at radius 2 is 1.81 bits per heavy atom. The van der Waals surface area contributed by atoms with Crippen LogP contribution in [0.1, 0.15) is 62.5 Å². The summed E-state index contributed by atoms with van der Waals surface area (Å²) in [6, 6.07) is 17.3. The molecule has 1 amide bonds. The second-order valence-electron chi connectivity index (χ2n) is 8.00. The van der Waals surface area contributed by atoms with Crippen LogP contribution in [0.5, 0.6) is 5.75 Å². The minimum absolute atomic E-state index is 0.0478. The number of tetrazole rings is 1. The number of nitrogens with zero attached hydrogens (tertiary/aromatic N) is 3. The highest BCUT2D eigenvalue weighted by atomic mass is 16.5. The fraction of sp³-hybridized carbons (Fsp3) is 0.417. The predicted molar refractivity (Wildman–Crippen MR) is 120 cm³/mol. The molecule has 2 aromatic carbocycles. The van der Waals surface area contributed by atoms with Crippen molar-refractivity contribution in [1.29, 1.82) is 0 Å². The fourth-order valence-corrected chi connectivity index (χ4v) is 3.50. The highest BCUT2D eigenvalue weighted by Crippen LogP contribution is 2.23. The summed E-state index contributed by atoms with van der Waals surface area (Å²) in [6.45, 7) is 6.99. The number of ether oxygens (including phenoxy) is 1. The number of rotatable bonds is 11. The van der Waals surface area contributed by atoms with Crippen LogP contribution in [0.15, 0.2) is 54.6 Å². The lowest BCUT2D eigenvalue weighted by Crippen LogP contribution is -2.33. The lowest BCUT2D eigenvalue weighted by atomic mass is 9.98. The number of H-pyrrole nitrogens is 1. The second-order valence-corrected chi connectivity index (χ2v) is 8.00. The van der Waals surface area contributed by atoms with Crippen LogP contribution in [0.25, 0.3) is 0 Å². The molecule has 0 fully saturated rings. The minimum atomic E-state index is -0.274. The summed E-state index contributed by atoms with van der Waals surface area (Å²) in [4.78, 5) is 13.0. The standard InChI is InChI=1S/C24H31N5O2/c1-4-8-17(2)16-31-21-13-11-20(12-14-21)22(15-23-26-28-29-27-23)25-24(30)18(3)19-9-6-5-7-10-19/h5-7,9-14,17-18,22H,4,8,15-16H2,1-3H3,(H,25,30)(H,26,27,28,29)/t17?,18-,22-/m0/s1. The van der Waals surface area contributed by atoms with Crippen molar-refractivity contribution < 1.29 is 9.53 Å². The van der Waals surface area contributed by atoms with Crippen LogP contribution >= 0.6 is 0 Å². The smallest absolute Gasteiger partial charge is 0.227 e. The average Bonchev–Trinajstić information content (AvgIpc) is 3.31. The van der Waals surface area contributed by atoms with Gasteiger partial charge in [-0.1, -0.05) is 67.9 Å². The maximum atomic E-state index is 13.0. The van der Waals surface area contributed by atoms with Crippen LogP contribution < -0.4 is 10.1 Å². The number of aromatic amines is 1. The Kier molecular flexibility index (Phi) is 8.15. The number of benzene rings is 2. The van der Waals surface area contributed by atoms with E-state index in [0.717, 1.165) is 29.7 Å². The van der Waals surface area contributed by atoms with Gasteiger partial charge in [-0.15, -0.1) is 10.2 Å². The van der Waals surface area contributed by atoms with E-state index in [1.165, 1.54) is 0 Å². The topological polar surface area (TPSA) is 92.8 Å². The molecule has 0 saturated carbocycles. The molecule has 3 aromatic rings. The van der Waals surface area contributed by atoms with Gasteiger partial charge in [-0.25, -0.2) is 0 Å². The number of hydrogen-bond donors (Lipinski definition) is 2. The molecule has 3 atom stereocenters. The number of carbonyl (C=O) groups excluding carboxylic acids is 1. The molecule has 0 saturated heterocycles. The van der Waals surface area contributed by atoms with Crippen LogP contribution in [0.3, 0.4) is 0 Å². The Morgan fingerprint density at radius 3 is 2.45 bits per heavy atom. The van der Waals surface area contributed by atoms with E-state index in [1.807, 2.05) is 61.5 Å². The van der Waals surface area contributed by atoms with Crippen LogP contribution in [0, 0.1) is 5.92 Å². The predicted octanol–water partition coefficient (Wildman–Crippen LogP) is 4.22. The van der Waals surface area contributed by atoms with Crippen molar-refractivity contribution in [1.82, 2.24) is 25.9 Å². The van der Waals surface area contributed by atoms with Gasteiger partial charge in [0, 0.05) is 6.42 Å². The van der Waals surface area contributed by atoms with Gasteiger partial charge in [-0.2, -0.15) is 5.21 Å². The number of carbonyl (C=O) groups is 1. The molecule has 2 N–H and O–H groups in total. The van der Waals surface area contributed by atoms with Crippen LogP contribution in [-0.2, 0) is 11.2 Å². The van der Waals surface area contributed by atoms with Gasteiger partial charge in [0.1, 0.15) is 5.75 Å². The Morgan fingerprint density at radius 1 is 1.06 bits per heavy atom. The largest absolute Gasteiger partial charge is 0.493 e. The van der Waals surface area contributed by atoms with Crippen molar-refractivity contribution in [2.45, 2.75) is 52.0 Å². The first-order valence-corrected chi connectivity index (χ1v) is 10.9. The molecule has 7 heteroatoms. The molecule has 31 heavy (non-hydrogen) atoms. The zero-order valence-electron chi connectivity index (χ0n) is 18.4. The zero-order chi connectivity index (χ0) is 22.1. The summed E-state index contributed by atoms with van der Waals surface area (Å²) in [5.41, 5.74) is 1.94. The summed E-state index contributed by atoms with van der Waals surface area (Å²) in [5, 5.41) is 17.4. The van der Waals surface area contributed by atoms with Crippen LogP contribution in [0.4, 0.5) is 0 Å². The molecule has 1 heterocycles. The Hall–Kier alpha value is -3.22. The molecule has 0 aliphatic carbocycles. The van der Waals surface area contributed by atoms with Crippen molar-refractivity contribution in [3.63, 3.8) is 0 Å². The third-order valence-electron chi connectivity index (χ3n) is 5.38. The number of aromatic nitrogens is 4. The number of nitrogens with one attached hydrogen (secondary N) is 2. The van der Waals surface area contributed by atoms with Crippen molar-refractivity contribution in [3.05, 3.63) is 71.5 Å². The third-order valence-corrected chi connectivity index (χ3v) is 5.38. The van der Waals surface area contributed by atoms with Gasteiger partial charge in [-0.3, -0.25) is 4.79 Å². The molecule has 0 spiro atoms. The Balaban J connectivity index is 1.70. The molecule has 3 rings (SSSR count). The van der Waals surface area contributed by atoms with Crippen molar-refractivity contribution in [2.24, 2.45) is 5.92 Å². The number of hydrogen-bond acceptors (Lipinski definition) is 5. The highest BCUT2D eigenvalue weighted by Gasteiger charge is 2.22. The Bertz CT molecular complexity index is 913. The van der Waals surface area contributed by atoms with Crippen LogP contribution in [0.2, 0.25) is 0 Å². The van der Waals surface area contributed by atoms with Gasteiger partial charge in [0.15, 0.2) is 5.82 Å². The minimum Gasteiger partial charge on any atom is -0.493 e. The lowest BCUT2D eigenvalue weighted by Gasteiger charge is -2.21. The molecule has 0 bridgehead atoms. The molecule has 0 aliphatic rings. The van der Waals surface area contributed by atoms with Crippen molar-refractivity contribution in [3.8, 4) is 5.75 Å². The molecular weight excluding hydrogens is 390 g/mol. The van der Waals surface area contributed by atoms with E-state index in [1.54, 1.807) is 0 Å². The summed E-state index contributed by atoms with van der Waals surface area (Å²) in [6.07, 6.45) is 2.75. The van der Waals surface area contributed by atoms with E-state index in [4.69, 9.17) is 4.74 Å². The molecule has 7 nitrogen and oxygen atoms in total.